The van der Waals surface area contributed by atoms with Crippen LogP contribution >= 0.6 is 20.3 Å². The maximum atomic E-state index is 10.1. The van der Waals surface area contributed by atoms with Crippen LogP contribution in [0.5, 0.6) is 0 Å². The molecule has 0 aliphatic heterocycles. The Labute approximate surface area is 71.7 Å². The van der Waals surface area contributed by atoms with Crippen LogP contribution in [0.4, 0.5) is 0 Å². The van der Waals surface area contributed by atoms with Crippen LogP contribution < -0.4 is 0 Å². The molecule has 1 unspecified atom stereocenters. The van der Waals surface area contributed by atoms with Gasteiger partial charge in [0.05, 0.1) is 12.0 Å². The zero-order valence-corrected chi connectivity index (χ0v) is 7.94. The number of hydrogen-bond donors (Lipinski definition) is 1. The summed E-state index contributed by atoms with van der Waals surface area (Å²) in [5.74, 6) is 0. The number of rotatable bonds is 3. The predicted octanol–water partition coefficient (Wildman–Crippen LogP) is 2.63. The van der Waals surface area contributed by atoms with Crippen molar-refractivity contribution < 1.29 is 13.4 Å². The van der Waals surface area contributed by atoms with Crippen molar-refractivity contribution in [2.45, 2.75) is 37.4 Å². The second-order valence-electron chi connectivity index (χ2n) is 2.67. The molecule has 0 heterocycles. The van der Waals surface area contributed by atoms with E-state index in [1.807, 2.05) is 0 Å². The monoisotopic (exact) mass is 195 g/mol. The number of hydrogen-bond acceptors (Lipinski definition) is 3. The zero-order chi connectivity index (χ0) is 8.10. The van der Waals surface area contributed by atoms with Crippen molar-refractivity contribution in [3.63, 3.8) is 0 Å². The third kappa shape index (κ3) is 4.06. The van der Waals surface area contributed by atoms with Gasteiger partial charge in [0.1, 0.15) is 0 Å². The van der Waals surface area contributed by atoms with Crippen LogP contribution in [0.2, 0.25) is 0 Å². The molecule has 0 bridgehead atoms. The van der Waals surface area contributed by atoms with E-state index in [-0.39, 0.29) is 0 Å². The topological polar surface area (TPSA) is 46.5 Å². The summed E-state index contributed by atoms with van der Waals surface area (Å²) < 4.78 is 14.7. The average Bonchev–Trinajstić information content (AvgIpc) is 2.03. The van der Waals surface area contributed by atoms with Gasteiger partial charge in [-0.25, -0.2) is 0 Å². The van der Waals surface area contributed by atoms with E-state index < -0.39 is 8.25 Å². The molecular weight excluding hydrogens is 183 g/mol. The second-order valence-corrected chi connectivity index (χ2v) is 4.60. The van der Waals surface area contributed by atoms with Gasteiger partial charge < -0.3 is 0 Å². The highest BCUT2D eigenvalue weighted by Gasteiger charge is 2.21. The van der Waals surface area contributed by atoms with Gasteiger partial charge in [0.15, 0.2) is 0 Å². The first-order valence-corrected chi connectivity index (χ1v) is 5.72. The van der Waals surface area contributed by atoms with Gasteiger partial charge in [-0.3, -0.25) is 0 Å². The van der Waals surface area contributed by atoms with Crippen LogP contribution in [0.25, 0.3) is 0 Å². The lowest BCUT2D eigenvalue weighted by Gasteiger charge is -2.16. The van der Waals surface area contributed by atoms with Crippen molar-refractivity contribution in [1.29, 1.82) is 0 Å². The minimum atomic E-state index is -2.41. The van der Waals surface area contributed by atoms with Crippen molar-refractivity contribution in [3.05, 3.63) is 0 Å². The molecule has 3 nitrogen and oxygen atoms in total. The molecule has 0 spiro atoms. The van der Waals surface area contributed by atoms with Gasteiger partial charge in [-0.05, 0) is 16.8 Å². The van der Waals surface area contributed by atoms with E-state index in [4.69, 9.17) is 4.89 Å². The fourth-order valence-electron chi connectivity index (χ4n) is 1.26. The Morgan fingerprint density at radius 3 is 2.55 bits per heavy atom. The lowest BCUT2D eigenvalue weighted by Crippen LogP contribution is -2.07. The molecule has 0 amide bonds. The quantitative estimate of drug-likeness (QED) is 0.555. The van der Waals surface area contributed by atoms with Crippen molar-refractivity contribution in [3.8, 4) is 0 Å². The second kappa shape index (κ2) is 5.09. The fraction of sp³-hybridized carbons (Fsp3) is 1.00. The van der Waals surface area contributed by atoms with Gasteiger partial charge in [0, 0.05) is 9.81 Å². The Hall–Kier alpha value is 0.370. The first-order valence-electron chi connectivity index (χ1n) is 3.78. The molecule has 0 radical (unpaired) electrons. The van der Waals surface area contributed by atoms with E-state index in [9.17, 15) is 4.57 Å². The highest BCUT2D eigenvalue weighted by Crippen LogP contribution is 2.34. The van der Waals surface area contributed by atoms with Gasteiger partial charge >= 0.3 is 8.25 Å². The van der Waals surface area contributed by atoms with Crippen molar-refractivity contribution in [2.75, 3.05) is 0 Å². The van der Waals surface area contributed by atoms with Crippen LogP contribution in [0.1, 0.15) is 32.1 Å². The molecule has 1 aliphatic rings. The van der Waals surface area contributed by atoms with E-state index in [1.54, 1.807) is 0 Å². The van der Waals surface area contributed by atoms with Gasteiger partial charge in [-0.2, -0.15) is 0 Å². The first-order chi connectivity index (χ1) is 5.29. The Bertz CT molecular complexity index is 136. The minimum Gasteiger partial charge on any atom is -0.133 e. The molecule has 5 heteroatoms. The molecule has 0 aromatic heterocycles. The summed E-state index contributed by atoms with van der Waals surface area (Å²) in [6.07, 6.45) is 5.98. The Balaban J connectivity index is 2.09. The zero-order valence-electron chi connectivity index (χ0n) is 6.23. The standard InChI is InChI=1S/C6H11O3PS/c7-10(8)9-11-6-4-2-1-3-5-6/h6H,1-5H2/p+1. The average molecular weight is 195 g/mol. The van der Waals surface area contributed by atoms with Crippen molar-refractivity contribution >= 4 is 20.3 Å². The van der Waals surface area contributed by atoms with Gasteiger partial charge in [-0.1, -0.05) is 19.3 Å². The summed E-state index contributed by atoms with van der Waals surface area (Å²) in [6.45, 7) is 0. The molecule has 0 aromatic rings. The molecule has 1 fully saturated rings. The van der Waals surface area contributed by atoms with E-state index in [0.29, 0.717) is 5.25 Å². The van der Waals surface area contributed by atoms with Gasteiger partial charge in [0.25, 0.3) is 0 Å². The minimum absolute atomic E-state index is 0.440. The first kappa shape index (κ1) is 9.46. The van der Waals surface area contributed by atoms with Crippen molar-refractivity contribution in [1.82, 2.24) is 0 Å². The SMILES string of the molecule is O=[P+](O)OSC1CCCCC1. The van der Waals surface area contributed by atoms with Crippen LogP contribution in [0.3, 0.4) is 0 Å². The summed E-state index contributed by atoms with van der Waals surface area (Å²) in [5, 5.41) is 0.440. The van der Waals surface area contributed by atoms with Crippen LogP contribution in [0, 0.1) is 0 Å². The molecule has 64 valence electrons. The lowest BCUT2D eigenvalue weighted by atomic mass is 10.0. The largest absolute Gasteiger partial charge is 0.707 e. The molecule has 1 aliphatic carbocycles. The molecular formula is C6H12O3PS+. The van der Waals surface area contributed by atoms with E-state index in [1.165, 1.54) is 31.3 Å². The summed E-state index contributed by atoms with van der Waals surface area (Å²) >= 11 is 1.17. The van der Waals surface area contributed by atoms with Gasteiger partial charge in [-0.15, -0.1) is 4.89 Å². The Kier molecular flexibility index (Phi) is 4.38. The maximum absolute atomic E-state index is 10.1. The Morgan fingerprint density at radius 2 is 2.00 bits per heavy atom. The molecule has 1 saturated carbocycles. The molecule has 11 heavy (non-hydrogen) atoms. The summed E-state index contributed by atoms with van der Waals surface area (Å²) in [7, 11) is -2.41. The molecule has 1 atom stereocenters. The smallest absolute Gasteiger partial charge is 0.133 e. The predicted molar refractivity (Wildman–Crippen MR) is 45.4 cm³/mol. The third-order valence-electron chi connectivity index (χ3n) is 1.80. The van der Waals surface area contributed by atoms with Crippen molar-refractivity contribution in [2.24, 2.45) is 0 Å². The summed E-state index contributed by atoms with van der Waals surface area (Å²) in [5.41, 5.74) is 0. The molecule has 1 rings (SSSR count). The van der Waals surface area contributed by atoms with Crippen LogP contribution in [-0.2, 0) is 8.54 Å². The van der Waals surface area contributed by atoms with Gasteiger partial charge in [0.2, 0.25) is 0 Å². The molecule has 0 aromatic carbocycles. The van der Waals surface area contributed by atoms with Crippen LogP contribution in [-0.4, -0.2) is 10.1 Å². The third-order valence-corrected chi connectivity index (χ3v) is 3.39. The van der Waals surface area contributed by atoms with Crippen LogP contribution in [0.15, 0.2) is 0 Å². The van der Waals surface area contributed by atoms with E-state index in [0.717, 1.165) is 12.8 Å². The fourth-order valence-corrected chi connectivity index (χ4v) is 2.57. The highest BCUT2D eigenvalue weighted by atomic mass is 32.2. The molecule has 1 N–H and O–H groups in total. The summed E-state index contributed by atoms with van der Waals surface area (Å²) in [6, 6.07) is 0. The van der Waals surface area contributed by atoms with E-state index in [2.05, 4.69) is 3.97 Å². The lowest BCUT2D eigenvalue weighted by molar-refractivity contribution is 0.426. The normalized spacial score (nSPS) is 21.7. The molecule has 0 saturated heterocycles. The summed E-state index contributed by atoms with van der Waals surface area (Å²) in [4.78, 5) is 8.35. The highest BCUT2D eigenvalue weighted by molar-refractivity contribution is 7.97. The maximum Gasteiger partial charge on any atom is 0.707 e. The Morgan fingerprint density at radius 1 is 1.36 bits per heavy atom. The van der Waals surface area contributed by atoms with E-state index >= 15 is 0 Å².